The highest BCUT2D eigenvalue weighted by atomic mass is 32.1. The molecular formula is C15H14N4OS. The molecule has 4 rings (SSSR count). The van der Waals surface area contributed by atoms with E-state index >= 15 is 0 Å². The van der Waals surface area contributed by atoms with Gasteiger partial charge in [-0.2, -0.15) is 4.98 Å². The van der Waals surface area contributed by atoms with Crippen molar-refractivity contribution in [2.45, 2.75) is 19.5 Å². The van der Waals surface area contributed by atoms with Crippen molar-refractivity contribution in [1.29, 1.82) is 0 Å². The topological polar surface area (TPSA) is 55.1 Å². The first-order valence-corrected chi connectivity index (χ1v) is 7.78. The molecule has 0 amide bonds. The Hall–Kier alpha value is -2.05. The van der Waals surface area contributed by atoms with Crippen LogP contribution in [-0.4, -0.2) is 26.6 Å². The van der Waals surface area contributed by atoms with Crippen LogP contribution >= 0.6 is 11.3 Å². The molecule has 1 aliphatic rings. The second kappa shape index (κ2) is 5.38. The Bertz CT molecular complexity index is 737. The van der Waals surface area contributed by atoms with Crippen molar-refractivity contribution in [3.05, 3.63) is 52.2 Å². The van der Waals surface area contributed by atoms with Crippen molar-refractivity contribution >= 4 is 11.3 Å². The molecular weight excluding hydrogens is 284 g/mol. The predicted molar refractivity (Wildman–Crippen MR) is 79.7 cm³/mol. The van der Waals surface area contributed by atoms with Gasteiger partial charge in [0.1, 0.15) is 5.69 Å². The summed E-state index contributed by atoms with van der Waals surface area (Å²) in [5, 5.41) is 6.18. The molecule has 0 aromatic carbocycles. The summed E-state index contributed by atoms with van der Waals surface area (Å²) >= 11 is 1.85. The first kappa shape index (κ1) is 12.7. The van der Waals surface area contributed by atoms with Crippen LogP contribution in [0.3, 0.4) is 0 Å². The number of hydrogen-bond acceptors (Lipinski definition) is 6. The molecule has 0 atom stereocenters. The van der Waals surface area contributed by atoms with E-state index in [0.29, 0.717) is 18.3 Å². The maximum absolute atomic E-state index is 5.35. The summed E-state index contributed by atoms with van der Waals surface area (Å²) in [6.45, 7) is 2.68. The van der Waals surface area contributed by atoms with E-state index in [1.54, 1.807) is 6.20 Å². The summed E-state index contributed by atoms with van der Waals surface area (Å²) in [4.78, 5) is 12.5. The molecule has 0 saturated heterocycles. The second-order valence-corrected chi connectivity index (χ2v) is 6.06. The van der Waals surface area contributed by atoms with Crippen molar-refractivity contribution in [3.8, 4) is 11.5 Å². The van der Waals surface area contributed by atoms with E-state index in [-0.39, 0.29) is 0 Å². The van der Waals surface area contributed by atoms with E-state index in [4.69, 9.17) is 4.52 Å². The minimum absolute atomic E-state index is 0.554. The first-order valence-electron chi connectivity index (χ1n) is 6.90. The normalized spacial score (nSPS) is 15.0. The summed E-state index contributed by atoms with van der Waals surface area (Å²) in [5.41, 5.74) is 2.17. The Kier molecular flexibility index (Phi) is 3.25. The molecule has 3 aromatic heterocycles. The van der Waals surface area contributed by atoms with Crippen molar-refractivity contribution in [2.24, 2.45) is 0 Å². The van der Waals surface area contributed by atoms with Crippen molar-refractivity contribution in [2.75, 3.05) is 6.54 Å². The molecule has 0 aliphatic carbocycles. The molecule has 0 spiro atoms. The van der Waals surface area contributed by atoms with Gasteiger partial charge in [0.05, 0.1) is 6.54 Å². The fraction of sp³-hybridized carbons (Fsp3) is 0.267. The van der Waals surface area contributed by atoms with Gasteiger partial charge in [-0.15, -0.1) is 11.3 Å². The molecule has 0 saturated carbocycles. The number of fused-ring (bicyclic) bond motifs is 1. The number of nitrogens with zero attached hydrogens (tertiary/aromatic N) is 4. The zero-order chi connectivity index (χ0) is 14.1. The number of rotatable bonds is 3. The van der Waals surface area contributed by atoms with E-state index in [0.717, 1.165) is 25.2 Å². The van der Waals surface area contributed by atoms with Crippen molar-refractivity contribution in [3.63, 3.8) is 0 Å². The Morgan fingerprint density at radius 2 is 2.29 bits per heavy atom. The molecule has 6 heteroatoms. The monoisotopic (exact) mass is 298 g/mol. The SMILES string of the molecule is c1ccc(-c2noc(CN3CCc4sccc4C3)n2)nc1. The van der Waals surface area contributed by atoms with Crippen LogP contribution in [0.15, 0.2) is 40.4 Å². The minimum atomic E-state index is 0.554. The zero-order valence-electron chi connectivity index (χ0n) is 11.4. The van der Waals surface area contributed by atoms with E-state index in [1.807, 2.05) is 29.5 Å². The molecule has 0 radical (unpaired) electrons. The third-order valence-electron chi connectivity index (χ3n) is 3.61. The maximum atomic E-state index is 5.35. The van der Waals surface area contributed by atoms with E-state index < -0.39 is 0 Å². The molecule has 0 N–H and O–H groups in total. The summed E-state index contributed by atoms with van der Waals surface area (Å²) < 4.78 is 5.35. The number of pyridine rings is 1. The van der Waals surface area contributed by atoms with Crippen LogP contribution in [0.2, 0.25) is 0 Å². The highest BCUT2D eigenvalue weighted by Gasteiger charge is 2.19. The van der Waals surface area contributed by atoms with Gasteiger partial charge in [0, 0.05) is 24.2 Å². The average Bonchev–Trinajstić information content (AvgIpc) is 3.17. The van der Waals surface area contributed by atoms with Crippen LogP contribution in [0.1, 0.15) is 16.3 Å². The predicted octanol–water partition coefficient (Wildman–Crippen LogP) is 2.75. The van der Waals surface area contributed by atoms with Gasteiger partial charge in [-0.25, -0.2) is 0 Å². The molecule has 4 heterocycles. The van der Waals surface area contributed by atoms with Crippen molar-refractivity contribution in [1.82, 2.24) is 20.0 Å². The maximum Gasteiger partial charge on any atom is 0.241 e. The highest BCUT2D eigenvalue weighted by molar-refractivity contribution is 7.10. The van der Waals surface area contributed by atoms with Gasteiger partial charge in [0.25, 0.3) is 0 Å². The third-order valence-corrected chi connectivity index (χ3v) is 4.63. The van der Waals surface area contributed by atoms with Gasteiger partial charge in [-0.1, -0.05) is 11.2 Å². The van der Waals surface area contributed by atoms with E-state index in [9.17, 15) is 0 Å². The molecule has 106 valence electrons. The molecule has 0 fully saturated rings. The van der Waals surface area contributed by atoms with Gasteiger partial charge >= 0.3 is 0 Å². The van der Waals surface area contributed by atoms with Gasteiger partial charge in [0.15, 0.2) is 0 Å². The summed E-state index contributed by atoms with van der Waals surface area (Å²) in [5.74, 6) is 1.20. The first-order chi connectivity index (χ1) is 10.4. The lowest BCUT2D eigenvalue weighted by Crippen LogP contribution is -2.29. The molecule has 0 unspecified atom stereocenters. The van der Waals surface area contributed by atoms with Crippen LogP contribution in [0.4, 0.5) is 0 Å². The Labute approximate surface area is 126 Å². The van der Waals surface area contributed by atoms with Gasteiger partial charge in [0.2, 0.25) is 11.7 Å². The average molecular weight is 298 g/mol. The lowest BCUT2D eigenvalue weighted by molar-refractivity contribution is 0.212. The molecule has 21 heavy (non-hydrogen) atoms. The highest BCUT2D eigenvalue weighted by Crippen LogP contribution is 2.25. The molecule has 0 bridgehead atoms. The molecule has 5 nitrogen and oxygen atoms in total. The van der Waals surface area contributed by atoms with Crippen LogP contribution in [0.25, 0.3) is 11.5 Å². The minimum Gasteiger partial charge on any atom is -0.337 e. The Balaban J connectivity index is 1.48. The number of hydrogen-bond donors (Lipinski definition) is 0. The Morgan fingerprint density at radius 1 is 1.29 bits per heavy atom. The lowest BCUT2D eigenvalue weighted by Gasteiger charge is -2.24. The van der Waals surface area contributed by atoms with Crippen LogP contribution < -0.4 is 0 Å². The van der Waals surface area contributed by atoms with E-state index in [1.165, 1.54) is 10.4 Å². The second-order valence-electron chi connectivity index (χ2n) is 5.06. The number of thiophene rings is 1. The van der Waals surface area contributed by atoms with Crippen LogP contribution in [0.5, 0.6) is 0 Å². The van der Waals surface area contributed by atoms with Crippen LogP contribution in [0, 0.1) is 0 Å². The fourth-order valence-electron chi connectivity index (χ4n) is 2.55. The molecule has 1 aliphatic heterocycles. The Morgan fingerprint density at radius 3 is 3.19 bits per heavy atom. The van der Waals surface area contributed by atoms with Gasteiger partial charge in [-0.3, -0.25) is 9.88 Å². The summed E-state index contributed by atoms with van der Waals surface area (Å²) in [6.07, 6.45) is 2.84. The smallest absolute Gasteiger partial charge is 0.241 e. The van der Waals surface area contributed by atoms with Gasteiger partial charge < -0.3 is 4.52 Å². The third kappa shape index (κ3) is 2.59. The number of aromatic nitrogens is 3. The fourth-order valence-corrected chi connectivity index (χ4v) is 3.44. The standard InChI is InChI=1S/C15H14N4OS/c1-2-6-16-12(3-1)15-17-14(20-18-15)10-19-7-4-13-11(9-19)5-8-21-13/h1-3,5-6,8H,4,7,9-10H2. The summed E-state index contributed by atoms with van der Waals surface area (Å²) in [6, 6.07) is 7.88. The van der Waals surface area contributed by atoms with Gasteiger partial charge in [-0.05, 0) is 35.6 Å². The quantitative estimate of drug-likeness (QED) is 0.744. The zero-order valence-corrected chi connectivity index (χ0v) is 12.2. The van der Waals surface area contributed by atoms with Crippen LogP contribution in [-0.2, 0) is 19.5 Å². The lowest BCUT2D eigenvalue weighted by atomic mass is 10.1. The largest absolute Gasteiger partial charge is 0.337 e. The van der Waals surface area contributed by atoms with E-state index in [2.05, 4.69) is 31.5 Å². The molecule has 3 aromatic rings. The summed E-state index contributed by atoms with van der Waals surface area (Å²) in [7, 11) is 0. The van der Waals surface area contributed by atoms with Crippen molar-refractivity contribution < 1.29 is 4.52 Å².